The lowest BCUT2D eigenvalue weighted by Crippen LogP contribution is -2.27. The number of rotatable bonds is 10. The molecule has 0 aromatic heterocycles. The zero-order valence-corrected chi connectivity index (χ0v) is 9.98. The first kappa shape index (κ1) is 15.3. The van der Waals surface area contributed by atoms with E-state index >= 15 is 0 Å². The van der Waals surface area contributed by atoms with E-state index in [1.807, 2.05) is 0 Å². The summed E-state index contributed by atoms with van der Waals surface area (Å²) in [6.45, 7) is 2.15. The third kappa shape index (κ3) is 7.60. The van der Waals surface area contributed by atoms with Gasteiger partial charge in [-0.25, -0.2) is 4.79 Å². The molecule has 0 spiro atoms. The van der Waals surface area contributed by atoms with Gasteiger partial charge in [0.25, 0.3) is 0 Å². The molecule has 0 rings (SSSR count). The summed E-state index contributed by atoms with van der Waals surface area (Å²) in [7, 11) is 0. The highest BCUT2D eigenvalue weighted by Crippen LogP contribution is 2.22. The molecule has 0 radical (unpaired) electrons. The Hall–Kier alpha value is -0.670. The molecule has 0 saturated heterocycles. The number of hydrogen-bond donors (Lipinski definition) is 1. The molecule has 1 N–H and O–H groups in total. The van der Waals surface area contributed by atoms with Crippen LogP contribution in [0.3, 0.4) is 0 Å². The largest absolute Gasteiger partial charge is 0.477 e. The van der Waals surface area contributed by atoms with Gasteiger partial charge in [-0.15, -0.1) is 0 Å². The van der Waals surface area contributed by atoms with Crippen LogP contribution in [0.1, 0.15) is 64.7 Å². The maximum absolute atomic E-state index is 12.6. The summed E-state index contributed by atoms with van der Waals surface area (Å²) < 4.78 is 25.2. The lowest BCUT2D eigenvalue weighted by Gasteiger charge is -2.10. The summed E-state index contributed by atoms with van der Waals surface area (Å²) in [5, 5.41) is 8.19. The van der Waals surface area contributed by atoms with Crippen LogP contribution in [0.4, 0.5) is 8.78 Å². The van der Waals surface area contributed by atoms with Gasteiger partial charge in [-0.2, -0.15) is 8.78 Å². The first-order valence-electron chi connectivity index (χ1n) is 6.12. The zero-order valence-electron chi connectivity index (χ0n) is 9.98. The van der Waals surface area contributed by atoms with Gasteiger partial charge in [0.1, 0.15) is 0 Å². The maximum atomic E-state index is 12.6. The minimum atomic E-state index is -3.54. The molecule has 0 saturated carbocycles. The first-order chi connectivity index (χ1) is 7.50. The van der Waals surface area contributed by atoms with E-state index in [0.29, 0.717) is 12.8 Å². The van der Waals surface area contributed by atoms with Gasteiger partial charge < -0.3 is 5.11 Å². The van der Waals surface area contributed by atoms with Crippen molar-refractivity contribution in [3.05, 3.63) is 0 Å². The highest BCUT2D eigenvalue weighted by Gasteiger charge is 2.37. The van der Waals surface area contributed by atoms with Gasteiger partial charge in [-0.3, -0.25) is 0 Å². The van der Waals surface area contributed by atoms with Crippen molar-refractivity contribution in [3.63, 3.8) is 0 Å². The fourth-order valence-electron chi connectivity index (χ4n) is 1.59. The van der Waals surface area contributed by atoms with E-state index < -0.39 is 18.3 Å². The van der Waals surface area contributed by atoms with E-state index in [4.69, 9.17) is 5.11 Å². The van der Waals surface area contributed by atoms with Gasteiger partial charge in [0.15, 0.2) is 0 Å². The Kier molecular flexibility index (Phi) is 8.12. The lowest BCUT2D eigenvalue weighted by atomic mass is 10.1. The topological polar surface area (TPSA) is 37.3 Å². The summed E-state index contributed by atoms with van der Waals surface area (Å²) >= 11 is 0. The van der Waals surface area contributed by atoms with Crippen LogP contribution >= 0.6 is 0 Å². The van der Waals surface area contributed by atoms with Crippen molar-refractivity contribution >= 4 is 5.97 Å². The van der Waals surface area contributed by atoms with E-state index in [0.717, 1.165) is 19.3 Å². The summed E-state index contributed by atoms with van der Waals surface area (Å²) in [5.41, 5.74) is 0. The van der Waals surface area contributed by atoms with E-state index in [2.05, 4.69) is 6.92 Å². The molecular weight excluding hydrogens is 214 g/mol. The molecular formula is C12H22F2O2. The molecule has 0 aliphatic carbocycles. The van der Waals surface area contributed by atoms with Gasteiger partial charge in [-0.1, -0.05) is 51.9 Å². The number of carboxylic acids is 1. The summed E-state index contributed by atoms with van der Waals surface area (Å²) in [6, 6.07) is 0. The molecule has 0 amide bonds. The highest BCUT2D eigenvalue weighted by molar-refractivity contribution is 5.75. The fourth-order valence-corrected chi connectivity index (χ4v) is 1.59. The third-order valence-corrected chi connectivity index (χ3v) is 2.66. The second-order valence-corrected chi connectivity index (χ2v) is 4.23. The molecule has 2 nitrogen and oxygen atoms in total. The Morgan fingerprint density at radius 3 is 1.88 bits per heavy atom. The number of halogens is 2. The maximum Gasteiger partial charge on any atom is 0.374 e. The van der Waals surface area contributed by atoms with Crippen LogP contribution in [0.2, 0.25) is 0 Å². The average Bonchev–Trinajstić information content (AvgIpc) is 2.21. The van der Waals surface area contributed by atoms with Gasteiger partial charge >= 0.3 is 11.9 Å². The Labute approximate surface area is 96.0 Å². The number of alkyl halides is 2. The normalized spacial score (nSPS) is 11.7. The molecule has 0 aromatic carbocycles. The van der Waals surface area contributed by atoms with Crippen LogP contribution in [0.15, 0.2) is 0 Å². The second kappa shape index (κ2) is 8.48. The zero-order chi connectivity index (χ0) is 12.4. The minimum Gasteiger partial charge on any atom is -0.477 e. The molecule has 0 unspecified atom stereocenters. The molecule has 0 heterocycles. The van der Waals surface area contributed by atoms with Crippen LogP contribution in [0.5, 0.6) is 0 Å². The number of hydrogen-bond acceptors (Lipinski definition) is 1. The van der Waals surface area contributed by atoms with Crippen LogP contribution in [0.25, 0.3) is 0 Å². The fraction of sp³-hybridized carbons (Fsp3) is 0.917. The summed E-state index contributed by atoms with van der Waals surface area (Å²) in [5.74, 6) is -5.54. The molecule has 4 heteroatoms. The molecule has 96 valence electrons. The van der Waals surface area contributed by atoms with Crippen molar-refractivity contribution in [3.8, 4) is 0 Å². The van der Waals surface area contributed by atoms with Crippen LogP contribution < -0.4 is 0 Å². The summed E-state index contributed by atoms with van der Waals surface area (Å²) in [4.78, 5) is 10.1. The second-order valence-electron chi connectivity index (χ2n) is 4.23. The predicted octanol–water partition coefficient (Wildman–Crippen LogP) is 4.24. The quantitative estimate of drug-likeness (QED) is 0.576. The Morgan fingerprint density at radius 2 is 1.44 bits per heavy atom. The predicted molar refractivity (Wildman–Crippen MR) is 59.8 cm³/mol. The van der Waals surface area contributed by atoms with Crippen molar-refractivity contribution in [1.29, 1.82) is 0 Å². The van der Waals surface area contributed by atoms with E-state index in [-0.39, 0.29) is 0 Å². The van der Waals surface area contributed by atoms with Gasteiger partial charge in [-0.05, 0) is 6.42 Å². The number of unbranched alkanes of at least 4 members (excludes halogenated alkanes) is 7. The third-order valence-electron chi connectivity index (χ3n) is 2.66. The molecule has 0 aliphatic heterocycles. The summed E-state index contributed by atoms with van der Waals surface area (Å²) in [6.07, 6.45) is 7.27. The number of aliphatic carboxylic acids is 1. The molecule has 0 bridgehead atoms. The molecule has 0 fully saturated rings. The minimum absolute atomic E-state index is 0.299. The number of carboxylic acid groups (broad SMARTS) is 1. The standard InChI is InChI=1S/C12H22F2O2/c1-2-3-4-5-6-7-8-9-10-12(13,14)11(15)16/h2-10H2,1H3,(H,15,16). The van der Waals surface area contributed by atoms with Gasteiger partial charge in [0, 0.05) is 6.42 Å². The number of carbonyl (C=O) groups is 1. The Morgan fingerprint density at radius 1 is 1.00 bits per heavy atom. The van der Waals surface area contributed by atoms with Crippen LogP contribution in [-0.4, -0.2) is 17.0 Å². The lowest BCUT2D eigenvalue weighted by molar-refractivity contribution is -0.165. The monoisotopic (exact) mass is 236 g/mol. The SMILES string of the molecule is CCCCCCCCCCC(F)(F)C(=O)O. The van der Waals surface area contributed by atoms with Crippen molar-refractivity contribution in [2.24, 2.45) is 0 Å². The van der Waals surface area contributed by atoms with Crippen molar-refractivity contribution in [1.82, 2.24) is 0 Å². The van der Waals surface area contributed by atoms with Gasteiger partial charge in [0.2, 0.25) is 0 Å². The van der Waals surface area contributed by atoms with Crippen molar-refractivity contribution < 1.29 is 18.7 Å². The van der Waals surface area contributed by atoms with Crippen LogP contribution in [0, 0.1) is 0 Å². The average molecular weight is 236 g/mol. The van der Waals surface area contributed by atoms with Crippen molar-refractivity contribution in [2.75, 3.05) is 0 Å². The molecule has 0 atom stereocenters. The molecule has 0 aromatic rings. The van der Waals surface area contributed by atoms with Crippen LogP contribution in [-0.2, 0) is 4.79 Å². The first-order valence-corrected chi connectivity index (χ1v) is 6.12. The van der Waals surface area contributed by atoms with Crippen molar-refractivity contribution in [2.45, 2.75) is 70.6 Å². The van der Waals surface area contributed by atoms with E-state index in [1.165, 1.54) is 19.3 Å². The Balaban J connectivity index is 3.30. The smallest absolute Gasteiger partial charge is 0.374 e. The Bertz CT molecular complexity index is 193. The highest BCUT2D eigenvalue weighted by atomic mass is 19.3. The van der Waals surface area contributed by atoms with E-state index in [1.54, 1.807) is 0 Å². The molecule has 16 heavy (non-hydrogen) atoms. The molecule has 0 aliphatic rings. The van der Waals surface area contributed by atoms with Gasteiger partial charge in [0.05, 0.1) is 0 Å². The van der Waals surface area contributed by atoms with E-state index in [9.17, 15) is 13.6 Å².